The first kappa shape index (κ1) is 22.0. The standard InChI is InChI=1S/C21H33N3O4/c1-21(2,3)28-20(26)24-15-13-23(14-16-24)12-8-11-22(4)19(25)27-17-18-9-6-5-7-10-18/h5-7,9-10H,8,11-17H2,1-4H3. The van der Waals surface area contributed by atoms with Crippen molar-refractivity contribution in [2.75, 3.05) is 46.3 Å². The zero-order valence-electron chi connectivity index (χ0n) is 17.5. The van der Waals surface area contributed by atoms with Crippen LogP contribution in [0.3, 0.4) is 0 Å². The summed E-state index contributed by atoms with van der Waals surface area (Å²) in [5.41, 5.74) is 0.514. The second kappa shape index (κ2) is 10.3. The fourth-order valence-corrected chi connectivity index (χ4v) is 2.93. The highest BCUT2D eigenvalue weighted by atomic mass is 16.6. The highest BCUT2D eigenvalue weighted by molar-refractivity contribution is 5.68. The van der Waals surface area contributed by atoms with Gasteiger partial charge in [-0.15, -0.1) is 0 Å². The predicted molar refractivity (Wildman–Crippen MR) is 108 cm³/mol. The van der Waals surface area contributed by atoms with Crippen LogP contribution >= 0.6 is 0 Å². The van der Waals surface area contributed by atoms with Crippen molar-refractivity contribution in [1.29, 1.82) is 0 Å². The summed E-state index contributed by atoms with van der Waals surface area (Å²) in [5, 5.41) is 0. The largest absolute Gasteiger partial charge is 0.445 e. The molecule has 1 saturated heterocycles. The zero-order chi connectivity index (χ0) is 20.6. The second-order valence-corrected chi connectivity index (χ2v) is 8.12. The molecule has 1 aromatic carbocycles. The van der Waals surface area contributed by atoms with Gasteiger partial charge in [-0.25, -0.2) is 9.59 Å². The van der Waals surface area contributed by atoms with E-state index in [1.165, 1.54) is 0 Å². The van der Waals surface area contributed by atoms with E-state index in [1.807, 2.05) is 51.1 Å². The van der Waals surface area contributed by atoms with Crippen LogP contribution in [0.5, 0.6) is 0 Å². The molecular formula is C21H33N3O4. The van der Waals surface area contributed by atoms with Crippen molar-refractivity contribution < 1.29 is 19.1 Å². The molecule has 2 rings (SSSR count). The van der Waals surface area contributed by atoms with Gasteiger partial charge in [-0.1, -0.05) is 30.3 Å². The van der Waals surface area contributed by atoms with Gasteiger partial charge in [-0.05, 0) is 39.3 Å². The van der Waals surface area contributed by atoms with Crippen LogP contribution in [0.25, 0.3) is 0 Å². The van der Waals surface area contributed by atoms with E-state index in [0.717, 1.165) is 31.6 Å². The second-order valence-electron chi connectivity index (χ2n) is 8.12. The van der Waals surface area contributed by atoms with E-state index in [-0.39, 0.29) is 18.8 Å². The van der Waals surface area contributed by atoms with Gasteiger partial charge in [0.15, 0.2) is 0 Å². The van der Waals surface area contributed by atoms with Crippen LogP contribution in [-0.2, 0) is 16.1 Å². The summed E-state index contributed by atoms with van der Waals surface area (Å²) >= 11 is 0. The number of rotatable bonds is 6. The molecule has 0 atom stereocenters. The summed E-state index contributed by atoms with van der Waals surface area (Å²) in [4.78, 5) is 29.8. The van der Waals surface area contributed by atoms with E-state index in [2.05, 4.69) is 4.90 Å². The lowest BCUT2D eigenvalue weighted by Gasteiger charge is -2.35. The first-order valence-electron chi connectivity index (χ1n) is 9.87. The smallest absolute Gasteiger partial charge is 0.410 e. The Kier molecular flexibility index (Phi) is 8.11. The fraction of sp³-hybridized carbons (Fsp3) is 0.619. The van der Waals surface area contributed by atoms with Gasteiger partial charge in [0.25, 0.3) is 0 Å². The molecular weight excluding hydrogens is 358 g/mol. The Morgan fingerprint density at radius 2 is 1.71 bits per heavy atom. The van der Waals surface area contributed by atoms with E-state index in [9.17, 15) is 9.59 Å². The lowest BCUT2D eigenvalue weighted by Crippen LogP contribution is -2.50. The topological polar surface area (TPSA) is 62.3 Å². The van der Waals surface area contributed by atoms with Crippen LogP contribution in [0.1, 0.15) is 32.8 Å². The molecule has 2 amide bonds. The molecule has 0 unspecified atom stereocenters. The molecule has 0 aromatic heterocycles. The van der Waals surface area contributed by atoms with Gasteiger partial charge in [-0.3, -0.25) is 4.90 Å². The molecule has 1 aromatic rings. The third-order valence-corrected chi connectivity index (χ3v) is 4.51. The Morgan fingerprint density at radius 3 is 2.32 bits per heavy atom. The number of carbonyl (C=O) groups excluding carboxylic acids is 2. The first-order chi connectivity index (χ1) is 13.2. The highest BCUT2D eigenvalue weighted by Gasteiger charge is 2.25. The molecule has 0 N–H and O–H groups in total. The molecule has 1 aliphatic heterocycles. The molecule has 28 heavy (non-hydrogen) atoms. The molecule has 156 valence electrons. The summed E-state index contributed by atoms with van der Waals surface area (Å²) in [7, 11) is 1.76. The number of hydrogen-bond acceptors (Lipinski definition) is 5. The van der Waals surface area contributed by atoms with Crippen molar-refractivity contribution in [2.24, 2.45) is 0 Å². The molecule has 0 spiro atoms. The number of piperazine rings is 1. The third-order valence-electron chi connectivity index (χ3n) is 4.51. The van der Waals surface area contributed by atoms with Gasteiger partial charge in [0.2, 0.25) is 0 Å². The quantitative estimate of drug-likeness (QED) is 0.745. The Labute approximate surface area is 168 Å². The Bertz CT molecular complexity index is 622. The molecule has 0 radical (unpaired) electrons. The van der Waals surface area contributed by atoms with Gasteiger partial charge in [0.05, 0.1) is 0 Å². The van der Waals surface area contributed by atoms with Gasteiger partial charge < -0.3 is 19.3 Å². The SMILES string of the molecule is CN(CCCN1CCN(C(=O)OC(C)(C)C)CC1)C(=O)OCc1ccccc1. The van der Waals surface area contributed by atoms with E-state index in [4.69, 9.17) is 9.47 Å². The van der Waals surface area contributed by atoms with Crippen molar-refractivity contribution in [3.05, 3.63) is 35.9 Å². The van der Waals surface area contributed by atoms with Crippen molar-refractivity contribution >= 4 is 12.2 Å². The van der Waals surface area contributed by atoms with E-state index >= 15 is 0 Å². The van der Waals surface area contributed by atoms with E-state index in [0.29, 0.717) is 19.6 Å². The van der Waals surface area contributed by atoms with E-state index in [1.54, 1.807) is 16.8 Å². The molecule has 7 heteroatoms. The lowest BCUT2D eigenvalue weighted by molar-refractivity contribution is 0.0142. The summed E-state index contributed by atoms with van der Waals surface area (Å²) in [6, 6.07) is 9.66. The maximum Gasteiger partial charge on any atom is 0.410 e. The Hall–Kier alpha value is -2.28. The van der Waals surface area contributed by atoms with Crippen molar-refractivity contribution in [3.8, 4) is 0 Å². The van der Waals surface area contributed by atoms with Crippen LogP contribution in [0.4, 0.5) is 9.59 Å². The van der Waals surface area contributed by atoms with Crippen LogP contribution in [0.2, 0.25) is 0 Å². The minimum Gasteiger partial charge on any atom is -0.445 e. The number of amides is 2. The Morgan fingerprint density at radius 1 is 1.07 bits per heavy atom. The fourth-order valence-electron chi connectivity index (χ4n) is 2.93. The average molecular weight is 392 g/mol. The first-order valence-corrected chi connectivity index (χ1v) is 9.87. The monoisotopic (exact) mass is 391 g/mol. The maximum atomic E-state index is 12.1. The maximum absolute atomic E-state index is 12.1. The van der Waals surface area contributed by atoms with Crippen LogP contribution in [0, 0.1) is 0 Å². The minimum atomic E-state index is -0.464. The van der Waals surface area contributed by atoms with Crippen molar-refractivity contribution in [1.82, 2.24) is 14.7 Å². The molecule has 0 bridgehead atoms. The molecule has 0 aliphatic carbocycles. The van der Waals surface area contributed by atoms with Gasteiger partial charge >= 0.3 is 12.2 Å². The summed E-state index contributed by atoms with van der Waals surface area (Å²) in [6.07, 6.45) is 0.315. The molecule has 1 aliphatic rings. The molecule has 1 heterocycles. The number of hydrogen-bond donors (Lipinski definition) is 0. The third kappa shape index (κ3) is 7.76. The van der Waals surface area contributed by atoms with Gasteiger partial charge in [0.1, 0.15) is 12.2 Å². The van der Waals surface area contributed by atoms with Crippen molar-refractivity contribution in [3.63, 3.8) is 0 Å². The normalized spacial score (nSPS) is 15.2. The van der Waals surface area contributed by atoms with Crippen LogP contribution in [-0.4, -0.2) is 78.8 Å². The zero-order valence-corrected chi connectivity index (χ0v) is 17.5. The van der Waals surface area contributed by atoms with Gasteiger partial charge in [-0.2, -0.15) is 0 Å². The van der Waals surface area contributed by atoms with Crippen molar-refractivity contribution in [2.45, 2.75) is 39.4 Å². The van der Waals surface area contributed by atoms with Crippen LogP contribution in [0.15, 0.2) is 30.3 Å². The number of nitrogens with zero attached hydrogens (tertiary/aromatic N) is 3. The number of ether oxygens (including phenoxy) is 2. The molecule has 7 nitrogen and oxygen atoms in total. The highest BCUT2D eigenvalue weighted by Crippen LogP contribution is 2.12. The minimum absolute atomic E-state index is 0.243. The number of benzene rings is 1. The van der Waals surface area contributed by atoms with Crippen LogP contribution < -0.4 is 0 Å². The summed E-state index contributed by atoms with van der Waals surface area (Å²) < 4.78 is 10.7. The van der Waals surface area contributed by atoms with Gasteiger partial charge in [0, 0.05) is 39.8 Å². The average Bonchev–Trinajstić information content (AvgIpc) is 2.66. The lowest BCUT2D eigenvalue weighted by atomic mass is 10.2. The molecule has 1 fully saturated rings. The summed E-state index contributed by atoms with van der Waals surface area (Å²) in [6.45, 7) is 10.4. The predicted octanol–water partition coefficient (Wildman–Crippen LogP) is 3.20. The summed E-state index contributed by atoms with van der Waals surface area (Å²) in [5.74, 6) is 0. The molecule has 0 saturated carbocycles. The Balaban J connectivity index is 1.60. The van der Waals surface area contributed by atoms with E-state index < -0.39 is 5.60 Å². The number of carbonyl (C=O) groups is 2.